The van der Waals surface area contributed by atoms with Crippen LogP contribution in [0.5, 0.6) is 0 Å². The molecule has 0 fully saturated rings. The Balaban J connectivity index is 1.76. The maximum atomic E-state index is 13.3. The highest BCUT2D eigenvalue weighted by atomic mass is 32.2. The molecule has 0 bridgehead atoms. The molecule has 1 unspecified atom stereocenters. The quantitative estimate of drug-likeness (QED) is 0.515. The van der Waals surface area contributed by atoms with Gasteiger partial charge in [-0.15, -0.1) is 11.8 Å². The van der Waals surface area contributed by atoms with E-state index in [1.165, 1.54) is 17.7 Å². The molecule has 0 saturated carbocycles. The molecule has 0 spiro atoms. The minimum absolute atomic E-state index is 0.0442. The second-order valence-corrected chi connectivity index (χ2v) is 8.95. The van der Waals surface area contributed by atoms with Gasteiger partial charge in [0.1, 0.15) is 11.6 Å². The molecule has 0 aliphatic heterocycles. The van der Waals surface area contributed by atoms with E-state index in [9.17, 15) is 14.3 Å². The van der Waals surface area contributed by atoms with Gasteiger partial charge in [-0.25, -0.2) is 4.39 Å². The van der Waals surface area contributed by atoms with Gasteiger partial charge in [-0.2, -0.15) is 0 Å². The van der Waals surface area contributed by atoms with Gasteiger partial charge in [-0.1, -0.05) is 37.6 Å². The van der Waals surface area contributed by atoms with Crippen molar-refractivity contribution in [1.29, 1.82) is 0 Å². The zero-order valence-corrected chi connectivity index (χ0v) is 18.2. The summed E-state index contributed by atoms with van der Waals surface area (Å²) in [5, 5.41) is 10.8. The van der Waals surface area contributed by atoms with Gasteiger partial charge < -0.3 is 5.11 Å². The van der Waals surface area contributed by atoms with E-state index in [1.807, 2.05) is 6.07 Å². The molecule has 2 aromatic carbocycles. The van der Waals surface area contributed by atoms with Crippen LogP contribution in [0.15, 0.2) is 47.1 Å². The van der Waals surface area contributed by atoms with E-state index in [1.54, 1.807) is 17.8 Å². The van der Waals surface area contributed by atoms with Crippen molar-refractivity contribution in [2.75, 3.05) is 5.75 Å². The van der Waals surface area contributed by atoms with Gasteiger partial charge in [0.25, 0.3) is 0 Å². The molecule has 0 saturated heterocycles. The van der Waals surface area contributed by atoms with Crippen molar-refractivity contribution in [3.63, 3.8) is 0 Å². The molecule has 1 atom stereocenters. The summed E-state index contributed by atoms with van der Waals surface area (Å²) in [6.07, 6.45) is 3.48. The summed E-state index contributed by atoms with van der Waals surface area (Å²) < 4.78 is 13.3. The average molecular weight is 413 g/mol. The molecule has 29 heavy (non-hydrogen) atoms. The number of carbonyl (C=O) groups excluding carboxylic acids is 1. The Morgan fingerprint density at radius 1 is 1.10 bits per heavy atom. The highest BCUT2D eigenvalue weighted by molar-refractivity contribution is 7.99. The number of rotatable bonds is 7. The Hall–Kier alpha value is -2.07. The van der Waals surface area contributed by atoms with Crippen LogP contribution in [0.4, 0.5) is 4.39 Å². The lowest BCUT2D eigenvalue weighted by Crippen LogP contribution is -2.21. The van der Waals surface area contributed by atoms with Gasteiger partial charge in [-0.3, -0.25) is 4.79 Å². The van der Waals surface area contributed by atoms with Gasteiger partial charge in [-0.05, 0) is 72.7 Å². The lowest BCUT2D eigenvalue weighted by atomic mass is 9.79. The van der Waals surface area contributed by atoms with Crippen LogP contribution in [0.1, 0.15) is 55.4 Å². The van der Waals surface area contributed by atoms with E-state index in [0.29, 0.717) is 18.4 Å². The fourth-order valence-electron chi connectivity index (χ4n) is 4.18. The fourth-order valence-corrected chi connectivity index (χ4v) is 5.24. The highest BCUT2D eigenvalue weighted by Crippen LogP contribution is 2.38. The summed E-state index contributed by atoms with van der Waals surface area (Å²) in [4.78, 5) is 13.9. The van der Waals surface area contributed by atoms with Crippen molar-refractivity contribution in [1.82, 2.24) is 0 Å². The van der Waals surface area contributed by atoms with Crippen molar-refractivity contribution < 1.29 is 14.3 Å². The van der Waals surface area contributed by atoms with Crippen molar-refractivity contribution in [2.24, 2.45) is 5.92 Å². The Morgan fingerprint density at radius 3 is 2.38 bits per heavy atom. The Labute approximate surface area is 177 Å². The van der Waals surface area contributed by atoms with Gasteiger partial charge in [0, 0.05) is 17.7 Å². The number of allylic oxidation sites excluding steroid dienone is 2. The first kappa shape index (κ1) is 21.6. The molecular weight excluding hydrogens is 383 g/mol. The molecule has 4 heteroatoms. The topological polar surface area (TPSA) is 37.3 Å². The molecule has 0 heterocycles. The van der Waals surface area contributed by atoms with Gasteiger partial charge in [0.05, 0.1) is 5.57 Å². The van der Waals surface area contributed by atoms with E-state index in [2.05, 4.69) is 32.9 Å². The van der Waals surface area contributed by atoms with Crippen molar-refractivity contribution >= 4 is 23.1 Å². The zero-order chi connectivity index (χ0) is 21.0. The summed E-state index contributed by atoms with van der Waals surface area (Å²) >= 11 is 1.59. The molecule has 2 aromatic rings. The smallest absolute Gasteiger partial charge is 0.167 e. The third-order valence-corrected chi connectivity index (χ3v) is 6.60. The van der Waals surface area contributed by atoms with Crippen LogP contribution in [-0.4, -0.2) is 16.6 Å². The Kier molecular flexibility index (Phi) is 7.18. The van der Waals surface area contributed by atoms with E-state index in [-0.39, 0.29) is 23.3 Å². The normalized spacial score (nSPS) is 17.1. The number of ketones is 1. The van der Waals surface area contributed by atoms with Crippen LogP contribution in [0, 0.1) is 18.7 Å². The summed E-state index contributed by atoms with van der Waals surface area (Å²) in [6, 6.07) is 10.8. The molecular formula is C25H29FO2S. The van der Waals surface area contributed by atoms with Crippen LogP contribution >= 0.6 is 11.8 Å². The number of Topliss-reactive ketones (excluding diaryl/α,β-unsaturated/α-hetero) is 1. The molecule has 0 radical (unpaired) electrons. The lowest BCUT2D eigenvalue weighted by molar-refractivity contribution is -0.115. The van der Waals surface area contributed by atoms with Crippen LogP contribution in [0.3, 0.4) is 0 Å². The Morgan fingerprint density at radius 2 is 1.79 bits per heavy atom. The van der Waals surface area contributed by atoms with Gasteiger partial charge >= 0.3 is 0 Å². The number of hydrogen-bond acceptors (Lipinski definition) is 3. The summed E-state index contributed by atoms with van der Waals surface area (Å²) in [5.74, 6) is 0.977. The summed E-state index contributed by atoms with van der Waals surface area (Å²) in [7, 11) is 0. The predicted octanol–water partition coefficient (Wildman–Crippen LogP) is 6.69. The van der Waals surface area contributed by atoms with Crippen LogP contribution in [-0.2, 0) is 17.6 Å². The minimum Gasteiger partial charge on any atom is -0.512 e. The standard InChI is InChI=1S/C25H29FO2S/c1-4-18-11-16(3)12-19(5-2)24(18)25-22(27)13-17(14-23(25)28)9-10-29-21-8-6-7-20(26)15-21/h6-8,11-12,15,17,27H,4-5,9-10,13-14H2,1-3H3. The first-order valence-corrected chi connectivity index (χ1v) is 11.4. The number of halogens is 1. The van der Waals surface area contributed by atoms with Crippen LogP contribution in [0.2, 0.25) is 0 Å². The van der Waals surface area contributed by atoms with Crippen LogP contribution in [0.25, 0.3) is 5.57 Å². The monoisotopic (exact) mass is 412 g/mol. The third kappa shape index (κ3) is 5.11. The Bertz CT molecular complexity index is 907. The first-order chi connectivity index (χ1) is 13.9. The third-order valence-electron chi connectivity index (χ3n) is 5.57. The van der Waals surface area contributed by atoms with E-state index in [0.717, 1.165) is 46.6 Å². The van der Waals surface area contributed by atoms with Crippen LogP contribution < -0.4 is 0 Å². The maximum Gasteiger partial charge on any atom is 0.167 e. The molecule has 3 rings (SSSR count). The summed E-state index contributed by atoms with van der Waals surface area (Å²) in [6.45, 7) is 6.26. The molecule has 1 N–H and O–H groups in total. The summed E-state index contributed by atoms with van der Waals surface area (Å²) in [5.41, 5.74) is 4.95. The van der Waals surface area contributed by atoms with Crippen molar-refractivity contribution in [2.45, 2.75) is 57.8 Å². The van der Waals surface area contributed by atoms with Crippen molar-refractivity contribution in [3.05, 3.63) is 70.2 Å². The minimum atomic E-state index is -0.232. The molecule has 1 aliphatic rings. The lowest BCUT2D eigenvalue weighted by Gasteiger charge is -2.26. The highest BCUT2D eigenvalue weighted by Gasteiger charge is 2.30. The molecule has 0 aromatic heterocycles. The number of aliphatic hydroxyl groups is 1. The van der Waals surface area contributed by atoms with Gasteiger partial charge in [0.15, 0.2) is 5.78 Å². The molecule has 154 valence electrons. The number of carbonyl (C=O) groups is 1. The SMILES string of the molecule is CCc1cc(C)cc(CC)c1C1=C(O)CC(CCSc2cccc(F)c2)CC1=O. The van der Waals surface area contributed by atoms with E-state index in [4.69, 9.17) is 0 Å². The largest absolute Gasteiger partial charge is 0.512 e. The second kappa shape index (κ2) is 9.62. The van der Waals surface area contributed by atoms with E-state index < -0.39 is 0 Å². The van der Waals surface area contributed by atoms with Crippen molar-refractivity contribution in [3.8, 4) is 0 Å². The maximum absolute atomic E-state index is 13.3. The molecule has 2 nitrogen and oxygen atoms in total. The number of thioether (sulfide) groups is 1. The number of benzene rings is 2. The predicted molar refractivity (Wildman–Crippen MR) is 119 cm³/mol. The number of aryl methyl sites for hydroxylation is 3. The molecule has 1 aliphatic carbocycles. The fraction of sp³-hybridized carbons (Fsp3) is 0.400. The van der Waals surface area contributed by atoms with Gasteiger partial charge in [0.2, 0.25) is 0 Å². The number of aliphatic hydroxyl groups excluding tert-OH is 1. The van der Waals surface area contributed by atoms with E-state index >= 15 is 0 Å². The first-order valence-electron chi connectivity index (χ1n) is 10.4. The second-order valence-electron chi connectivity index (χ2n) is 7.78. The average Bonchev–Trinajstić information content (AvgIpc) is 2.68. The zero-order valence-electron chi connectivity index (χ0n) is 17.4. The molecule has 0 amide bonds. The number of hydrogen-bond donors (Lipinski definition) is 1.